The van der Waals surface area contributed by atoms with Gasteiger partial charge in [0.2, 0.25) is 10.0 Å². The normalized spacial score (nSPS) is 14.6. The Balaban J connectivity index is 3.15. The molecule has 1 aromatic carbocycles. The number of amides is 1. The van der Waals surface area contributed by atoms with Crippen molar-refractivity contribution >= 4 is 31.9 Å². The minimum absolute atomic E-state index is 0.000474. The van der Waals surface area contributed by atoms with E-state index < -0.39 is 10.0 Å². The molecular formula is C14H21BrN2O3S. The molecule has 0 saturated heterocycles. The number of rotatable bonds is 5. The first kappa shape index (κ1) is 18.1. The molecule has 0 radical (unpaired) electrons. The Labute approximate surface area is 134 Å². The summed E-state index contributed by atoms with van der Waals surface area (Å²) >= 11 is 3.27. The lowest BCUT2D eigenvalue weighted by molar-refractivity contribution is 0.0928. The van der Waals surface area contributed by atoms with Gasteiger partial charge in [0.15, 0.2) is 0 Å². The molecule has 2 atom stereocenters. The Morgan fingerprint density at radius 2 is 1.95 bits per heavy atom. The summed E-state index contributed by atoms with van der Waals surface area (Å²) in [4.78, 5) is 12.2. The molecule has 7 heteroatoms. The second-order valence-electron chi connectivity index (χ2n) is 5.27. The summed E-state index contributed by atoms with van der Waals surface area (Å²) in [5, 5.41) is 8.06. The zero-order valence-electron chi connectivity index (χ0n) is 12.6. The fourth-order valence-corrected chi connectivity index (χ4v) is 3.29. The summed E-state index contributed by atoms with van der Waals surface area (Å²) in [6.45, 7) is 7.66. The molecule has 0 heterocycles. The maximum absolute atomic E-state index is 12.3. The van der Waals surface area contributed by atoms with E-state index in [0.717, 1.165) is 6.42 Å². The third-order valence-electron chi connectivity index (χ3n) is 3.72. The van der Waals surface area contributed by atoms with Crippen LogP contribution in [0.5, 0.6) is 0 Å². The van der Waals surface area contributed by atoms with Gasteiger partial charge in [0.05, 0.1) is 4.90 Å². The van der Waals surface area contributed by atoms with Gasteiger partial charge in [-0.25, -0.2) is 13.6 Å². The molecule has 0 aliphatic carbocycles. The Morgan fingerprint density at radius 1 is 1.38 bits per heavy atom. The first-order chi connectivity index (χ1) is 9.57. The quantitative estimate of drug-likeness (QED) is 0.827. The van der Waals surface area contributed by atoms with Crippen LogP contribution in [0.15, 0.2) is 21.5 Å². The third-order valence-corrected chi connectivity index (χ3v) is 5.58. The number of benzene rings is 1. The predicted octanol–water partition coefficient (Wildman–Crippen LogP) is 2.57. The van der Waals surface area contributed by atoms with Crippen LogP contribution < -0.4 is 10.5 Å². The zero-order chi connectivity index (χ0) is 16.4. The van der Waals surface area contributed by atoms with Gasteiger partial charge >= 0.3 is 0 Å². The number of primary sulfonamides is 1. The molecule has 0 aliphatic rings. The van der Waals surface area contributed by atoms with Crippen molar-refractivity contribution < 1.29 is 13.2 Å². The van der Waals surface area contributed by atoms with Gasteiger partial charge in [-0.15, -0.1) is 0 Å². The van der Waals surface area contributed by atoms with Gasteiger partial charge in [-0.1, -0.05) is 36.2 Å². The molecule has 1 rings (SSSR count). The largest absolute Gasteiger partial charge is 0.349 e. The molecule has 1 amide bonds. The molecule has 0 aliphatic heterocycles. The molecule has 5 nitrogen and oxygen atoms in total. The number of hydrogen-bond acceptors (Lipinski definition) is 3. The summed E-state index contributed by atoms with van der Waals surface area (Å²) in [6.07, 6.45) is 0.946. The summed E-state index contributed by atoms with van der Waals surface area (Å²) in [7, 11) is -3.87. The van der Waals surface area contributed by atoms with Gasteiger partial charge in [-0.2, -0.15) is 0 Å². The predicted molar refractivity (Wildman–Crippen MR) is 86.6 cm³/mol. The van der Waals surface area contributed by atoms with Gasteiger partial charge in [0.25, 0.3) is 5.91 Å². The Hall–Kier alpha value is -0.920. The molecular weight excluding hydrogens is 356 g/mol. The van der Waals surface area contributed by atoms with E-state index in [0.29, 0.717) is 16.0 Å². The third kappa shape index (κ3) is 4.52. The van der Waals surface area contributed by atoms with E-state index in [1.807, 2.05) is 13.8 Å². The van der Waals surface area contributed by atoms with Crippen molar-refractivity contribution in [1.82, 2.24) is 5.32 Å². The SMILES string of the molecule is CCC(C)C(C)NC(=O)c1cc(Br)c(C)c(S(N)(=O)=O)c1. The Kier molecular flexibility index (Phi) is 5.95. The number of carbonyl (C=O) groups is 1. The van der Waals surface area contributed by atoms with Crippen LogP contribution in [0, 0.1) is 12.8 Å². The zero-order valence-corrected chi connectivity index (χ0v) is 15.0. The van der Waals surface area contributed by atoms with Crippen LogP contribution >= 0.6 is 15.9 Å². The average molecular weight is 377 g/mol. The van der Waals surface area contributed by atoms with Crippen molar-refractivity contribution in [2.24, 2.45) is 11.1 Å². The van der Waals surface area contributed by atoms with Crippen LogP contribution in [-0.2, 0) is 10.0 Å². The molecule has 21 heavy (non-hydrogen) atoms. The fraction of sp³-hybridized carbons (Fsp3) is 0.500. The van der Waals surface area contributed by atoms with Crippen LogP contribution in [-0.4, -0.2) is 20.4 Å². The van der Waals surface area contributed by atoms with Gasteiger partial charge in [-0.05, 0) is 37.5 Å². The number of carbonyl (C=O) groups excluding carboxylic acids is 1. The van der Waals surface area contributed by atoms with E-state index in [1.54, 1.807) is 13.0 Å². The van der Waals surface area contributed by atoms with E-state index in [1.165, 1.54) is 6.07 Å². The lowest BCUT2D eigenvalue weighted by atomic mass is 10.0. The summed E-state index contributed by atoms with van der Waals surface area (Å²) in [6, 6.07) is 2.91. The van der Waals surface area contributed by atoms with Gasteiger partial charge in [-0.3, -0.25) is 4.79 Å². The monoisotopic (exact) mass is 376 g/mol. The number of nitrogens with one attached hydrogen (secondary N) is 1. The Bertz CT molecular complexity index is 644. The number of sulfonamides is 1. The summed E-state index contributed by atoms with van der Waals surface area (Å²) in [5.74, 6) is 0.0222. The molecule has 2 unspecified atom stereocenters. The minimum Gasteiger partial charge on any atom is -0.349 e. The van der Waals surface area contributed by atoms with E-state index in [-0.39, 0.29) is 22.4 Å². The second kappa shape index (κ2) is 6.89. The standard InChI is InChI=1S/C14H21BrN2O3S/c1-5-8(2)10(4)17-14(18)11-6-12(15)9(3)13(7-11)21(16,19)20/h6-8,10H,5H2,1-4H3,(H,17,18)(H2,16,19,20). The summed E-state index contributed by atoms with van der Waals surface area (Å²) in [5.41, 5.74) is 0.760. The second-order valence-corrected chi connectivity index (χ2v) is 7.66. The van der Waals surface area contributed by atoms with E-state index >= 15 is 0 Å². The topological polar surface area (TPSA) is 89.3 Å². The molecule has 1 aromatic rings. The first-order valence-electron chi connectivity index (χ1n) is 6.71. The van der Waals surface area contributed by atoms with Crippen LogP contribution in [0.2, 0.25) is 0 Å². The van der Waals surface area contributed by atoms with Crippen molar-refractivity contribution in [3.05, 3.63) is 27.7 Å². The van der Waals surface area contributed by atoms with Gasteiger partial charge in [0, 0.05) is 16.1 Å². The maximum Gasteiger partial charge on any atom is 0.251 e. The van der Waals surface area contributed by atoms with E-state index in [4.69, 9.17) is 5.14 Å². The highest BCUT2D eigenvalue weighted by molar-refractivity contribution is 9.10. The molecule has 0 aromatic heterocycles. The van der Waals surface area contributed by atoms with Crippen LogP contribution in [0.1, 0.15) is 43.1 Å². The van der Waals surface area contributed by atoms with Crippen molar-refractivity contribution in [1.29, 1.82) is 0 Å². The van der Waals surface area contributed by atoms with Crippen LogP contribution in [0.3, 0.4) is 0 Å². The number of hydrogen-bond donors (Lipinski definition) is 2. The maximum atomic E-state index is 12.3. The molecule has 0 spiro atoms. The van der Waals surface area contributed by atoms with E-state index in [2.05, 4.69) is 28.2 Å². The van der Waals surface area contributed by atoms with Crippen molar-refractivity contribution in [3.8, 4) is 0 Å². The van der Waals surface area contributed by atoms with Gasteiger partial charge in [0.1, 0.15) is 0 Å². The molecule has 118 valence electrons. The highest BCUT2D eigenvalue weighted by Crippen LogP contribution is 2.25. The Morgan fingerprint density at radius 3 is 2.43 bits per heavy atom. The van der Waals surface area contributed by atoms with Crippen LogP contribution in [0.4, 0.5) is 0 Å². The molecule has 0 bridgehead atoms. The van der Waals surface area contributed by atoms with Crippen molar-refractivity contribution in [2.75, 3.05) is 0 Å². The number of nitrogens with two attached hydrogens (primary N) is 1. The highest BCUT2D eigenvalue weighted by Gasteiger charge is 2.20. The fourth-order valence-electron chi connectivity index (χ4n) is 1.87. The smallest absolute Gasteiger partial charge is 0.251 e. The minimum atomic E-state index is -3.87. The van der Waals surface area contributed by atoms with Gasteiger partial charge < -0.3 is 5.32 Å². The lowest BCUT2D eigenvalue weighted by Gasteiger charge is -2.20. The van der Waals surface area contributed by atoms with Crippen LogP contribution in [0.25, 0.3) is 0 Å². The van der Waals surface area contributed by atoms with Crippen molar-refractivity contribution in [2.45, 2.75) is 45.1 Å². The first-order valence-corrected chi connectivity index (χ1v) is 9.05. The highest BCUT2D eigenvalue weighted by atomic mass is 79.9. The molecule has 3 N–H and O–H groups in total. The molecule has 0 saturated carbocycles. The van der Waals surface area contributed by atoms with Crippen molar-refractivity contribution in [3.63, 3.8) is 0 Å². The van der Waals surface area contributed by atoms with E-state index in [9.17, 15) is 13.2 Å². The molecule has 0 fully saturated rings. The number of halogens is 1. The lowest BCUT2D eigenvalue weighted by Crippen LogP contribution is -2.37. The summed E-state index contributed by atoms with van der Waals surface area (Å²) < 4.78 is 23.7. The average Bonchev–Trinajstić information content (AvgIpc) is 2.38.